The molecule has 1 aliphatic rings. The smallest absolute Gasteiger partial charge is 0.344 e. The first kappa shape index (κ1) is 13.0. The van der Waals surface area contributed by atoms with E-state index >= 15 is 0 Å². The summed E-state index contributed by atoms with van der Waals surface area (Å²) in [6.45, 7) is 0. The number of allylic oxidation sites excluding steroid dienone is 2. The maximum absolute atomic E-state index is 11.9. The number of rotatable bonds is 3. The number of hydrogen-bond donors (Lipinski definition) is 0. The molecule has 0 heterocycles. The van der Waals surface area contributed by atoms with Crippen LogP contribution in [0.3, 0.4) is 0 Å². The quantitative estimate of drug-likeness (QED) is 0.381. The van der Waals surface area contributed by atoms with E-state index in [1.54, 1.807) is 14.1 Å². The lowest BCUT2D eigenvalue weighted by molar-refractivity contribution is -0.138. The molecule has 0 aromatic heterocycles. The van der Waals surface area contributed by atoms with Crippen LogP contribution < -0.4 is 0 Å². The average Bonchev–Trinajstić information content (AvgIpc) is 2.29. The van der Waals surface area contributed by atoms with Gasteiger partial charge in [-0.2, -0.15) is 0 Å². The van der Waals surface area contributed by atoms with Crippen LogP contribution in [-0.4, -0.2) is 50.8 Å². The van der Waals surface area contributed by atoms with Gasteiger partial charge in [0.15, 0.2) is 5.76 Å². The maximum atomic E-state index is 11.9. The minimum Gasteiger partial charge on any atom is -0.492 e. The van der Waals surface area contributed by atoms with Crippen molar-refractivity contribution >= 4 is 17.5 Å². The van der Waals surface area contributed by atoms with Crippen molar-refractivity contribution < 1.29 is 23.9 Å². The first-order chi connectivity index (χ1) is 7.93. The summed E-state index contributed by atoms with van der Waals surface area (Å²) in [5.74, 6) is -2.13. The van der Waals surface area contributed by atoms with Crippen LogP contribution in [0.25, 0.3) is 0 Å². The van der Waals surface area contributed by atoms with E-state index in [1.807, 2.05) is 0 Å². The van der Waals surface area contributed by atoms with Gasteiger partial charge < -0.3 is 14.4 Å². The van der Waals surface area contributed by atoms with Gasteiger partial charge in [0.2, 0.25) is 11.6 Å². The summed E-state index contributed by atoms with van der Waals surface area (Å²) in [5, 5.41) is 0. The van der Waals surface area contributed by atoms with E-state index in [0.717, 1.165) is 13.2 Å². The number of carbonyl (C=O) groups excluding carboxylic acids is 3. The van der Waals surface area contributed by atoms with E-state index in [9.17, 15) is 14.4 Å². The third-order valence-corrected chi connectivity index (χ3v) is 2.24. The van der Waals surface area contributed by atoms with Gasteiger partial charge in [-0.1, -0.05) is 0 Å². The van der Waals surface area contributed by atoms with Gasteiger partial charge in [0.25, 0.3) is 0 Å². The lowest BCUT2D eigenvalue weighted by atomic mass is 9.98. The van der Waals surface area contributed by atoms with Crippen molar-refractivity contribution in [3.8, 4) is 0 Å². The minimum absolute atomic E-state index is 0.00245. The molecule has 92 valence electrons. The third kappa shape index (κ3) is 2.20. The van der Waals surface area contributed by atoms with Crippen molar-refractivity contribution in [3.63, 3.8) is 0 Å². The van der Waals surface area contributed by atoms with Gasteiger partial charge in [-0.3, -0.25) is 9.59 Å². The number of esters is 1. The van der Waals surface area contributed by atoms with Gasteiger partial charge in [-0.25, -0.2) is 4.79 Å². The molecule has 1 aliphatic carbocycles. The summed E-state index contributed by atoms with van der Waals surface area (Å²) in [4.78, 5) is 36.6. The van der Waals surface area contributed by atoms with Crippen LogP contribution in [0, 0.1) is 0 Å². The minimum atomic E-state index is -0.852. The van der Waals surface area contributed by atoms with Crippen molar-refractivity contribution in [2.45, 2.75) is 0 Å². The molecule has 0 radical (unpaired) electrons. The van der Waals surface area contributed by atoms with Crippen LogP contribution in [0.5, 0.6) is 0 Å². The van der Waals surface area contributed by atoms with Crippen molar-refractivity contribution in [1.82, 2.24) is 4.90 Å². The fraction of sp³-hybridized carbons (Fsp3) is 0.364. The Kier molecular flexibility index (Phi) is 3.67. The van der Waals surface area contributed by atoms with E-state index in [-0.39, 0.29) is 17.0 Å². The molecule has 0 N–H and O–H groups in total. The van der Waals surface area contributed by atoms with Gasteiger partial charge in [0, 0.05) is 20.2 Å². The molecular weight excluding hydrogens is 226 g/mol. The van der Waals surface area contributed by atoms with Crippen molar-refractivity contribution in [1.29, 1.82) is 0 Å². The Morgan fingerprint density at radius 3 is 2.24 bits per heavy atom. The molecule has 0 aromatic rings. The SMILES string of the molecule is COC(=O)C1=C(N(C)C)C(=O)C=C(OC)C1=O. The normalized spacial score (nSPS) is 15.6. The van der Waals surface area contributed by atoms with Gasteiger partial charge in [0.05, 0.1) is 14.2 Å². The Balaban J connectivity index is 3.39. The monoisotopic (exact) mass is 239 g/mol. The molecule has 0 saturated heterocycles. The molecule has 0 amide bonds. The highest BCUT2D eigenvalue weighted by atomic mass is 16.5. The second kappa shape index (κ2) is 4.82. The molecular formula is C11H13NO5. The molecule has 17 heavy (non-hydrogen) atoms. The number of methoxy groups -OCH3 is 2. The fourth-order valence-corrected chi connectivity index (χ4v) is 1.49. The zero-order chi connectivity index (χ0) is 13.2. The Labute approximate surface area is 98.5 Å². The third-order valence-electron chi connectivity index (χ3n) is 2.24. The number of likely N-dealkylation sites (N-methyl/N-ethyl adjacent to an activating group) is 1. The van der Waals surface area contributed by atoms with Crippen LogP contribution in [0.2, 0.25) is 0 Å². The zero-order valence-electron chi connectivity index (χ0n) is 10.1. The molecule has 0 atom stereocenters. The number of ketones is 2. The summed E-state index contributed by atoms with van der Waals surface area (Å²) >= 11 is 0. The van der Waals surface area contributed by atoms with Crippen molar-refractivity contribution in [3.05, 3.63) is 23.1 Å². The van der Waals surface area contributed by atoms with Crippen molar-refractivity contribution in [2.75, 3.05) is 28.3 Å². The lowest BCUT2D eigenvalue weighted by Crippen LogP contribution is -2.32. The molecule has 0 fully saturated rings. The highest BCUT2D eigenvalue weighted by Crippen LogP contribution is 2.22. The highest BCUT2D eigenvalue weighted by molar-refractivity contribution is 6.32. The summed E-state index contributed by atoms with van der Waals surface area (Å²) < 4.78 is 9.26. The molecule has 0 aromatic carbocycles. The largest absolute Gasteiger partial charge is 0.492 e. The zero-order valence-corrected chi connectivity index (χ0v) is 10.1. The number of carbonyl (C=O) groups is 3. The van der Waals surface area contributed by atoms with Gasteiger partial charge >= 0.3 is 5.97 Å². The van der Waals surface area contributed by atoms with E-state index in [1.165, 1.54) is 12.0 Å². The van der Waals surface area contributed by atoms with E-state index in [0.29, 0.717) is 0 Å². The first-order valence-corrected chi connectivity index (χ1v) is 4.78. The van der Waals surface area contributed by atoms with Gasteiger partial charge in [-0.05, 0) is 0 Å². The fourth-order valence-electron chi connectivity index (χ4n) is 1.49. The molecule has 6 nitrogen and oxygen atoms in total. The summed E-state index contributed by atoms with van der Waals surface area (Å²) in [6.07, 6.45) is 1.06. The number of Topliss-reactive ketones (excluding diaryl/α,β-unsaturated/α-hetero) is 1. The molecule has 0 aliphatic heterocycles. The van der Waals surface area contributed by atoms with Crippen LogP contribution in [-0.2, 0) is 23.9 Å². The van der Waals surface area contributed by atoms with E-state index < -0.39 is 17.5 Å². The second-order valence-corrected chi connectivity index (χ2v) is 3.52. The summed E-state index contributed by atoms with van der Waals surface area (Å²) in [6, 6.07) is 0. The lowest BCUT2D eigenvalue weighted by Gasteiger charge is -2.21. The number of hydrogen-bond acceptors (Lipinski definition) is 6. The molecule has 1 rings (SSSR count). The standard InChI is InChI=1S/C11H13NO5/c1-12(2)9-6(13)5-7(16-3)10(14)8(9)11(15)17-4/h5H,1-4H3. The van der Waals surface area contributed by atoms with E-state index in [2.05, 4.69) is 4.74 Å². The molecule has 0 saturated carbocycles. The summed E-state index contributed by atoms with van der Waals surface area (Å²) in [7, 11) is 5.53. The Bertz CT molecular complexity index is 445. The van der Waals surface area contributed by atoms with E-state index in [4.69, 9.17) is 4.74 Å². The molecule has 0 bridgehead atoms. The van der Waals surface area contributed by atoms with Crippen LogP contribution in [0.1, 0.15) is 0 Å². The number of nitrogens with zero attached hydrogens (tertiary/aromatic N) is 1. The van der Waals surface area contributed by atoms with Crippen molar-refractivity contribution in [2.24, 2.45) is 0 Å². The van der Waals surface area contributed by atoms with Gasteiger partial charge in [-0.15, -0.1) is 0 Å². The number of ether oxygens (including phenoxy) is 2. The molecule has 0 spiro atoms. The van der Waals surface area contributed by atoms with Crippen LogP contribution in [0.15, 0.2) is 23.1 Å². The average molecular weight is 239 g/mol. The predicted octanol–water partition coefficient (Wildman–Crippen LogP) is -0.343. The topological polar surface area (TPSA) is 72.9 Å². The van der Waals surface area contributed by atoms with Crippen LogP contribution in [0.4, 0.5) is 0 Å². The summed E-state index contributed by atoms with van der Waals surface area (Å²) in [5.41, 5.74) is -0.301. The molecule has 6 heteroatoms. The molecule has 0 unspecified atom stereocenters. The Morgan fingerprint density at radius 1 is 1.24 bits per heavy atom. The maximum Gasteiger partial charge on any atom is 0.344 e. The Morgan fingerprint density at radius 2 is 1.82 bits per heavy atom. The van der Waals surface area contributed by atoms with Gasteiger partial charge in [0.1, 0.15) is 11.3 Å². The highest BCUT2D eigenvalue weighted by Gasteiger charge is 2.35. The predicted molar refractivity (Wildman–Crippen MR) is 57.8 cm³/mol. The van der Waals surface area contributed by atoms with Crippen LogP contribution >= 0.6 is 0 Å². The second-order valence-electron chi connectivity index (χ2n) is 3.52. The Hall–Kier alpha value is -2.11. The first-order valence-electron chi connectivity index (χ1n) is 4.78.